The molecule has 2 rings (SSSR count). The maximum atomic E-state index is 13.7. The lowest BCUT2D eigenvalue weighted by Crippen LogP contribution is -2.50. The molecule has 0 saturated carbocycles. The van der Waals surface area contributed by atoms with Crippen LogP contribution in [-0.4, -0.2) is 18.0 Å². The fraction of sp³-hybridized carbons (Fsp3) is 0.467. The number of benzene rings is 1. The van der Waals surface area contributed by atoms with Gasteiger partial charge in [-0.1, -0.05) is 6.92 Å². The number of nitrogens with zero attached hydrogens (tertiary/aromatic N) is 1. The largest absolute Gasteiger partial charge is 0.324 e. The van der Waals surface area contributed by atoms with E-state index in [2.05, 4.69) is 10.6 Å². The van der Waals surface area contributed by atoms with Crippen LogP contribution in [0.1, 0.15) is 37.3 Å². The summed E-state index contributed by atoms with van der Waals surface area (Å²) >= 11 is 0. The molecule has 0 spiro atoms. The zero-order valence-corrected chi connectivity index (χ0v) is 11.7. The van der Waals surface area contributed by atoms with Gasteiger partial charge in [0.15, 0.2) is 0 Å². The Hall–Kier alpha value is -1.93. The van der Waals surface area contributed by atoms with Crippen LogP contribution in [0.2, 0.25) is 0 Å². The Labute approximate surface area is 118 Å². The number of nitrogens with one attached hydrogen (secondary N) is 2. The summed E-state index contributed by atoms with van der Waals surface area (Å²) in [4.78, 5) is 12.5. The van der Waals surface area contributed by atoms with Crippen molar-refractivity contribution >= 4 is 11.6 Å². The van der Waals surface area contributed by atoms with Gasteiger partial charge in [-0.05, 0) is 44.9 Å². The summed E-state index contributed by atoms with van der Waals surface area (Å²) in [5, 5.41) is 14.9. The minimum atomic E-state index is -0.578. The number of carbonyl (C=O) groups is 1. The Kier molecular flexibility index (Phi) is 4.05. The Balaban J connectivity index is 2.28. The molecule has 1 saturated heterocycles. The summed E-state index contributed by atoms with van der Waals surface area (Å²) in [5.74, 6) is -0.639. The molecule has 4 nitrogen and oxygen atoms in total. The minimum absolute atomic E-state index is 0.157. The molecule has 0 aliphatic carbocycles. The van der Waals surface area contributed by atoms with Crippen molar-refractivity contribution in [3.8, 4) is 6.07 Å². The highest BCUT2D eigenvalue weighted by molar-refractivity contribution is 5.99. The minimum Gasteiger partial charge on any atom is -0.324 e. The number of halogens is 1. The van der Waals surface area contributed by atoms with E-state index >= 15 is 0 Å². The molecule has 0 bridgehead atoms. The molecule has 1 heterocycles. The van der Waals surface area contributed by atoms with Gasteiger partial charge in [-0.25, -0.2) is 4.39 Å². The molecule has 2 N–H and O–H groups in total. The van der Waals surface area contributed by atoms with E-state index in [1.165, 1.54) is 12.1 Å². The lowest BCUT2D eigenvalue weighted by atomic mass is 9.93. The molecule has 5 heteroatoms. The van der Waals surface area contributed by atoms with Gasteiger partial charge in [0, 0.05) is 11.3 Å². The zero-order chi connectivity index (χ0) is 14.8. The van der Waals surface area contributed by atoms with Gasteiger partial charge in [-0.3, -0.25) is 4.79 Å². The lowest BCUT2D eigenvalue weighted by molar-refractivity contribution is -0.122. The second-order valence-electron chi connectivity index (χ2n) is 5.16. The fourth-order valence-corrected chi connectivity index (χ4v) is 2.58. The molecule has 1 fully saturated rings. The Morgan fingerprint density at radius 1 is 1.60 bits per heavy atom. The van der Waals surface area contributed by atoms with Gasteiger partial charge in [0.05, 0.1) is 17.2 Å². The number of anilines is 1. The molecular weight excluding hydrogens is 257 g/mol. The van der Waals surface area contributed by atoms with Crippen molar-refractivity contribution in [3.05, 3.63) is 29.1 Å². The van der Waals surface area contributed by atoms with Crippen molar-refractivity contribution in [2.24, 2.45) is 0 Å². The van der Waals surface area contributed by atoms with Crippen LogP contribution in [0.15, 0.2) is 12.1 Å². The van der Waals surface area contributed by atoms with Crippen LogP contribution < -0.4 is 10.6 Å². The van der Waals surface area contributed by atoms with Gasteiger partial charge >= 0.3 is 0 Å². The van der Waals surface area contributed by atoms with Crippen LogP contribution in [0.3, 0.4) is 0 Å². The average Bonchev–Trinajstić information content (AvgIpc) is 2.93. The topological polar surface area (TPSA) is 64.9 Å². The normalized spacial score (nSPS) is 21.5. The van der Waals surface area contributed by atoms with Gasteiger partial charge in [0.25, 0.3) is 0 Å². The average molecular weight is 275 g/mol. The molecule has 0 aromatic heterocycles. The molecule has 1 aromatic rings. The molecule has 0 radical (unpaired) electrons. The van der Waals surface area contributed by atoms with Crippen LogP contribution in [0, 0.1) is 24.1 Å². The molecule has 1 amide bonds. The monoisotopic (exact) mass is 275 g/mol. The molecule has 106 valence electrons. The number of nitriles is 1. The zero-order valence-electron chi connectivity index (χ0n) is 11.7. The predicted octanol–water partition coefficient (Wildman–Crippen LogP) is 2.48. The Morgan fingerprint density at radius 2 is 2.35 bits per heavy atom. The van der Waals surface area contributed by atoms with Gasteiger partial charge in [-0.15, -0.1) is 0 Å². The summed E-state index contributed by atoms with van der Waals surface area (Å²) in [7, 11) is 0. The quantitative estimate of drug-likeness (QED) is 0.890. The van der Waals surface area contributed by atoms with Crippen molar-refractivity contribution in [1.29, 1.82) is 5.26 Å². The van der Waals surface area contributed by atoms with Gasteiger partial charge in [0.1, 0.15) is 5.82 Å². The van der Waals surface area contributed by atoms with Crippen molar-refractivity contribution in [2.45, 2.75) is 38.6 Å². The molecule has 1 aromatic carbocycles. The van der Waals surface area contributed by atoms with E-state index in [1.807, 2.05) is 13.0 Å². The van der Waals surface area contributed by atoms with Crippen molar-refractivity contribution in [1.82, 2.24) is 5.32 Å². The van der Waals surface area contributed by atoms with E-state index in [0.717, 1.165) is 19.4 Å². The second kappa shape index (κ2) is 5.59. The predicted molar refractivity (Wildman–Crippen MR) is 74.7 cm³/mol. The number of hydrogen-bond donors (Lipinski definition) is 2. The Morgan fingerprint density at radius 3 is 2.90 bits per heavy atom. The SMILES string of the molecule is CCC1(C(=O)Nc2cc(C#N)cc(F)c2C)CCCN1. The summed E-state index contributed by atoms with van der Waals surface area (Å²) < 4.78 is 13.7. The van der Waals surface area contributed by atoms with E-state index in [4.69, 9.17) is 5.26 Å². The van der Waals surface area contributed by atoms with Gasteiger partial charge < -0.3 is 10.6 Å². The molecule has 20 heavy (non-hydrogen) atoms. The molecular formula is C15H18FN3O. The van der Waals surface area contributed by atoms with Crippen LogP contribution in [-0.2, 0) is 4.79 Å². The number of rotatable bonds is 3. The summed E-state index contributed by atoms with van der Waals surface area (Å²) in [6.07, 6.45) is 2.40. The van der Waals surface area contributed by atoms with Crippen molar-refractivity contribution < 1.29 is 9.18 Å². The first-order valence-corrected chi connectivity index (χ1v) is 6.79. The highest BCUT2D eigenvalue weighted by atomic mass is 19.1. The first kappa shape index (κ1) is 14.5. The Bertz CT molecular complexity index is 571. The van der Waals surface area contributed by atoms with Crippen LogP contribution in [0.25, 0.3) is 0 Å². The third-order valence-electron chi connectivity index (χ3n) is 4.00. The first-order chi connectivity index (χ1) is 9.52. The number of amides is 1. The molecule has 1 atom stereocenters. The van der Waals surface area contributed by atoms with Crippen molar-refractivity contribution in [2.75, 3.05) is 11.9 Å². The molecule has 1 aliphatic heterocycles. The summed E-state index contributed by atoms with van der Waals surface area (Å²) in [6.45, 7) is 4.36. The maximum Gasteiger partial charge on any atom is 0.244 e. The fourth-order valence-electron chi connectivity index (χ4n) is 2.58. The van der Waals surface area contributed by atoms with Gasteiger partial charge in [0.2, 0.25) is 5.91 Å². The third-order valence-corrected chi connectivity index (χ3v) is 4.00. The summed E-state index contributed by atoms with van der Waals surface area (Å²) in [6, 6.07) is 4.58. The second-order valence-corrected chi connectivity index (χ2v) is 5.16. The van der Waals surface area contributed by atoms with Crippen molar-refractivity contribution in [3.63, 3.8) is 0 Å². The highest BCUT2D eigenvalue weighted by Gasteiger charge is 2.39. The van der Waals surface area contributed by atoms with Crippen LogP contribution in [0.5, 0.6) is 0 Å². The third kappa shape index (κ3) is 2.52. The van der Waals surface area contributed by atoms with E-state index in [9.17, 15) is 9.18 Å². The standard InChI is InChI=1S/C15H18FN3O/c1-3-15(5-4-6-18-15)14(20)19-13-8-11(9-17)7-12(16)10(13)2/h7-8,18H,3-6H2,1-2H3,(H,19,20). The van der Waals surface area contributed by atoms with Gasteiger partial charge in [-0.2, -0.15) is 5.26 Å². The van der Waals surface area contributed by atoms with Crippen LogP contribution >= 0.6 is 0 Å². The first-order valence-electron chi connectivity index (χ1n) is 6.79. The molecule has 1 aliphatic rings. The van der Waals surface area contributed by atoms with E-state index in [1.54, 1.807) is 6.92 Å². The lowest BCUT2D eigenvalue weighted by Gasteiger charge is -2.27. The van der Waals surface area contributed by atoms with E-state index < -0.39 is 11.4 Å². The number of hydrogen-bond acceptors (Lipinski definition) is 3. The summed E-state index contributed by atoms with van der Waals surface area (Å²) in [5.41, 5.74) is 0.342. The molecule has 1 unspecified atom stereocenters. The van der Waals surface area contributed by atoms with E-state index in [-0.39, 0.29) is 11.5 Å². The highest BCUT2D eigenvalue weighted by Crippen LogP contribution is 2.27. The van der Waals surface area contributed by atoms with Crippen LogP contribution in [0.4, 0.5) is 10.1 Å². The van der Waals surface area contributed by atoms with E-state index in [0.29, 0.717) is 17.7 Å². The number of carbonyl (C=O) groups excluding carboxylic acids is 1. The smallest absolute Gasteiger partial charge is 0.244 e. The maximum absolute atomic E-state index is 13.7.